The number of hydrogen-bond acceptors (Lipinski definition) is 2. The molecule has 0 spiro atoms. The van der Waals surface area contributed by atoms with Crippen LogP contribution in [0.5, 0.6) is 0 Å². The summed E-state index contributed by atoms with van der Waals surface area (Å²) in [4.78, 5) is 11.6. The van der Waals surface area contributed by atoms with Crippen molar-refractivity contribution >= 4 is 28.6 Å². The van der Waals surface area contributed by atoms with E-state index in [0.29, 0.717) is 5.75 Å². The highest BCUT2D eigenvalue weighted by Gasteiger charge is 2.00. The van der Waals surface area contributed by atoms with Gasteiger partial charge in [-0.1, -0.05) is 18.2 Å². The summed E-state index contributed by atoms with van der Waals surface area (Å²) >= 11 is 6.69. The van der Waals surface area contributed by atoms with E-state index in [0.717, 1.165) is 4.90 Å². The highest BCUT2D eigenvalue weighted by atomic mass is 35.5. The van der Waals surface area contributed by atoms with E-state index < -0.39 is 0 Å². The number of benzene rings is 1. The zero-order valence-electron chi connectivity index (χ0n) is 6.71. The fourth-order valence-electron chi connectivity index (χ4n) is 0.853. The minimum atomic E-state index is -0.303. The van der Waals surface area contributed by atoms with E-state index >= 15 is 0 Å². The molecule has 0 heterocycles. The Morgan fingerprint density at radius 3 is 2.75 bits per heavy atom. The van der Waals surface area contributed by atoms with Crippen molar-refractivity contribution in [2.24, 2.45) is 0 Å². The van der Waals surface area contributed by atoms with Crippen LogP contribution < -0.4 is 0 Å². The average Bonchev–Trinajstić information content (AvgIpc) is 2.03. The van der Waals surface area contributed by atoms with Gasteiger partial charge in [-0.2, -0.15) is 0 Å². The Balaban J connectivity index is 2.63. The predicted octanol–water partition coefficient (Wildman–Crippen LogP) is 2.85. The van der Waals surface area contributed by atoms with Crippen LogP contribution in [0, 0.1) is 6.92 Å². The van der Waals surface area contributed by atoms with E-state index in [-0.39, 0.29) is 5.24 Å². The second kappa shape index (κ2) is 4.53. The van der Waals surface area contributed by atoms with Crippen molar-refractivity contribution in [1.82, 2.24) is 0 Å². The SMILES string of the molecule is Cc1ccccc1SCC(=O)Cl. The number of halogens is 1. The van der Waals surface area contributed by atoms with Crippen LogP contribution >= 0.6 is 23.4 Å². The molecular formula is C9H9ClOS. The molecule has 0 fully saturated rings. The van der Waals surface area contributed by atoms with Gasteiger partial charge >= 0.3 is 0 Å². The van der Waals surface area contributed by atoms with Crippen LogP contribution in [-0.4, -0.2) is 11.0 Å². The van der Waals surface area contributed by atoms with Crippen molar-refractivity contribution in [3.05, 3.63) is 29.8 Å². The largest absolute Gasteiger partial charge is 0.280 e. The van der Waals surface area contributed by atoms with Crippen molar-refractivity contribution < 1.29 is 4.79 Å². The van der Waals surface area contributed by atoms with E-state index in [1.165, 1.54) is 17.3 Å². The normalized spacial score (nSPS) is 9.83. The minimum Gasteiger partial charge on any atom is -0.280 e. The lowest BCUT2D eigenvalue weighted by molar-refractivity contribution is -0.109. The van der Waals surface area contributed by atoms with Gasteiger partial charge in [0.15, 0.2) is 0 Å². The standard InChI is InChI=1S/C9H9ClOS/c1-7-4-2-3-5-8(7)12-6-9(10)11/h2-5H,6H2,1H3. The molecule has 3 heteroatoms. The Bertz CT molecular complexity index is 286. The van der Waals surface area contributed by atoms with E-state index in [9.17, 15) is 4.79 Å². The molecule has 0 aliphatic carbocycles. The number of aryl methyl sites for hydroxylation is 1. The molecule has 1 rings (SSSR count). The molecule has 0 radical (unpaired) electrons. The monoisotopic (exact) mass is 200 g/mol. The Labute approximate surface area is 81.1 Å². The fourth-order valence-corrected chi connectivity index (χ4v) is 1.76. The minimum absolute atomic E-state index is 0.303. The van der Waals surface area contributed by atoms with Crippen LogP contribution in [0.2, 0.25) is 0 Å². The quantitative estimate of drug-likeness (QED) is 0.552. The molecule has 1 nitrogen and oxygen atoms in total. The first-order chi connectivity index (χ1) is 5.70. The Hall–Kier alpha value is -0.470. The van der Waals surface area contributed by atoms with Gasteiger partial charge in [-0.15, -0.1) is 11.8 Å². The summed E-state index contributed by atoms with van der Waals surface area (Å²) < 4.78 is 0. The second-order valence-corrected chi connectivity index (χ2v) is 3.85. The highest BCUT2D eigenvalue weighted by molar-refractivity contribution is 8.00. The average molecular weight is 201 g/mol. The van der Waals surface area contributed by atoms with Gasteiger partial charge in [0.25, 0.3) is 0 Å². The number of carbonyl (C=O) groups is 1. The molecule has 0 atom stereocenters. The maximum absolute atomic E-state index is 10.5. The van der Waals surface area contributed by atoms with Crippen molar-refractivity contribution in [2.75, 3.05) is 5.75 Å². The highest BCUT2D eigenvalue weighted by Crippen LogP contribution is 2.21. The smallest absolute Gasteiger partial charge is 0.231 e. The van der Waals surface area contributed by atoms with Gasteiger partial charge in [0.2, 0.25) is 5.24 Å². The number of carbonyl (C=O) groups excluding carboxylic acids is 1. The molecule has 64 valence electrons. The van der Waals surface area contributed by atoms with E-state index in [4.69, 9.17) is 11.6 Å². The molecule has 0 saturated carbocycles. The molecule has 1 aromatic carbocycles. The third kappa shape index (κ3) is 2.88. The zero-order valence-corrected chi connectivity index (χ0v) is 8.28. The van der Waals surface area contributed by atoms with E-state index in [2.05, 4.69) is 0 Å². The van der Waals surface area contributed by atoms with Crippen LogP contribution in [0.3, 0.4) is 0 Å². The third-order valence-electron chi connectivity index (χ3n) is 1.43. The lowest BCUT2D eigenvalue weighted by Crippen LogP contribution is -1.90. The molecule has 0 unspecified atom stereocenters. The Morgan fingerprint density at radius 1 is 1.50 bits per heavy atom. The number of thioether (sulfide) groups is 1. The second-order valence-electron chi connectivity index (χ2n) is 2.41. The van der Waals surface area contributed by atoms with Crippen molar-refractivity contribution in [2.45, 2.75) is 11.8 Å². The molecular weight excluding hydrogens is 192 g/mol. The van der Waals surface area contributed by atoms with Crippen molar-refractivity contribution in [3.8, 4) is 0 Å². The summed E-state index contributed by atoms with van der Waals surface area (Å²) in [5.74, 6) is 0.340. The number of rotatable bonds is 3. The van der Waals surface area contributed by atoms with Gasteiger partial charge in [0.1, 0.15) is 0 Å². The number of hydrogen-bond donors (Lipinski definition) is 0. The first kappa shape index (κ1) is 9.62. The predicted molar refractivity (Wildman–Crippen MR) is 52.8 cm³/mol. The molecule has 0 saturated heterocycles. The summed E-state index contributed by atoms with van der Waals surface area (Å²) in [7, 11) is 0. The molecule has 12 heavy (non-hydrogen) atoms. The van der Waals surface area contributed by atoms with Gasteiger partial charge in [0, 0.05) is 4.90 Å². The van der Waals surface area contributed by atoms with Gasteiger partial charge < -0.3 is 0 Å². The fraction of sp³-hybridized carbons (Fsp3) is 0.222. The molecule has 0 aliphatic rings. The van der Waals surface area contributed by atoms with Gasteiger partial charge in [-0.05, 0) is 30.2 Å². The summed E-state index contributed by atoms with van der Waals surface area (Å²) in [6.45, 7) is 2.01. The maximum atomic E-state index is 10.5. The van der Waals surface area contributed by atoms with E-state index in [1.54, 1.807) is 0 Å². The molecule has 1 aromatic rings. The summed E-state index contributed by atoms with van der Waals surface area (Å²) in [5, 5.41) is -0.303. The summed E-state index contributed by atoms with van der Waals surface area (Å²) in [5.41, 5.74) is 1.18. The molecule has 0 aromatic heterocycles. The van der Waals surface area contributed by atoms with Gasteiger partial charge in [0.05, 0.1) is 5.75 Å². The van der Waals surface area contributed by atoms with Gasteiger partial charge in [-0.3, -0.25) is 4.79 Å². The van der Waals surface area contributed by atoms with E-state index in [1.807, 2.05) is 31.2 Å². The Kier molecular flexibility index (Phi) is 3.63. The maximum Gasteiger partial charge on any atom is 0.231 e. The molecule has 0 N–H and O–H groups in total. The van der Waals surface area contributed by atoms with Crippen LogP contribution in [0.15, 0.2) is 29.2 Å². The Morgan fingerprint density at radius 2 is 2.17 bits per heavy atom. The van der Waals surface area contributed by atoms with Crippen LogP contribution in [0.4, 0.5) is 0 Å². The molecule has 0 bridgehead atoms. The third-order valence-corrected chi connectivity index (χ3v) is 2.90. The topological polar surface area (TPSA) is 17.1 Å². The van der Waals surface area contributed by atoms with Gasteiger partial charge in [-0.25, -0.2) is 0 Å². The summed E-state index contributed by atoms with van der Waals surface area (Å²) in [6.07, 6.45) is 0. The zero-order chi connectivity index (χ0) is 8.97. The summed E-state index contributed by atoms with van der Waals surface area (Å²) in [6, 6.07) is 7.93. The van der Waals surface area contributed by atoms with Crippen LogP contribution in [-0.2, 0) is 4.79 Å². The van der Waals surface area contributed by atoms with Crippen molar-refractivity contribution in [3.63, 3.8) is 0 Å². The lowest BCUT2D eigenvalue weighted by atomic mass is 10.2. The van der Waals surface area contributed by atoms with Crippen LogP contribution in [0.1, 0.15) is 5.56 Å². The lowest BCUT2D eigenvalue weighted by Gasteiger charge is -2.01. The first-order valence-corrected chi connectivity index (χ1v) is 4.93. The molecule has 0 amide bonds. The molecule has 0 aliphatic heterocycles. The van der Waals surface area contributed by atoms with Crippen LogP contribution in [0.25, 0.3) is 0 Å². The van der Waals surface area contributed by atoms with Crippen molar-refractivity contribution in [1.29, 1.82) is 0 Å². The first-order valence-electron chi connectivity index (χ1n) is 3.57.